The van der Waals surface area contributed by atoms with Gasteiger partial charge >= 0.3 is 6.03 Å². The van der Waals surface area contributed by atoms with E-state index in [1.54, 1.807) is 19.2 Å². The number of hydrogen-bond acceptors (Lipinski definition) is 3. The summed E-state index contributed by atoms with van der Waals surface area (Å²) in [5.74, 6) is 0.623. The van der Waals surface area contributed by atoms with Crippen molar-refractivity contribution in [3.8, 4) is 5.75 Å². The number of ether oxygens (including phenoxy) is 1. The molecule has 0 heterocycles. The highest BCUT2D eigenvalue weighted by atomic mass is 16.5. The Morgan fingerprint density at radius 3 is 2.81 bits per heavy atom. The molecule has 0 aromatic heterocycles. The fourth-order valence-electron chi connectivity index (χ4n) is 1.19. The van der Waals surface area contributed by atoms with Crippen LogP contribution < -0.4 is 21.1 Å². The molecule has 16 heavy (non-hydrogen) atoms. The zero-order chi connectivity index (χ0) is 12.0. The van der Waals surface area contributed by atoms with E-state index in [0.717, 1.165) is 0 Å². The van der Waals surface area contributed by atoms with E-state index >= 15 is 0 Å². The van der Waals surface area contributed by atoms with Crippen molar-refractivity contribution in [1.82, 2.24) is 5.32 Å². The Morgan fingerprint density at radius 1 is 1.50 bits per heavy atom. The Labute approximate surface area is 95.0 Å². The third-order valence-corrected chi connectivity index (χ3v) is 2.09. The van der Waals surface area contributed by atoms with Crippen LogP contribution in [0.15, 0.2) is 24.3 Å². The lowest BCUT2D eigenvalue weighted by molar-refractivity contribution is 0.249. The molecule has 0 aliphatic heterocycles. The van der Waals surface area contributed by atoms with Gasteiger partial charge < -0.3 is 21.1 Å². The van der Waals surface area contributed by atoms with Crippen molar-refractivity contribution < 1.29 is 9.53 Å². The standard InChI is InChI=1S/C11H17N3O2/c1-8(7-12)13-11(15)14-9-5-3-4-6-10(9)16-2/h3-6,8H,7,12H2,1-2H3,(H2,13,14,15)/t8-/m1/s1. The molecule has 0 aliphatic rings. The lowest BCUT2D eigenvalue weighted by atomic mass is 10.3. The zero-order valence-corrected chi connectivity index (χ0v) is 9.49. The maximum atomic E-state index is 11.5. The third-order valence-electron chi connectivity index (χ3n) is 2.09. The lowest BCUT2D eigenvalue weighted by Crippen LogP contribution is -2.40. The first kappa shape index (κ1) is 12.3. The maximum absolute atomic E-state index is 11.5. The summed E-state index contributed by atoms with van der Waals surface area (Å²) in [7, 11) is 1.56. The summed E-state index contributed by atoms with van der Waals surface area (Å²) in [5, 5.41) is 5.39. The number of urea groups is 1. The molecular weight excluding hydrogens is 206 g/mol. The summed E-state index contributed by atoms with van der Waals surface area (Å²) < 4.78 is 5.11. The molecule has 5 nitrogen and oxygen atoms in total. The van der Waals surface area contributed by atoms with Gasteiger partial charge in [0, 0.05) is 12.6 Å². The Kier molecular flexibility index (Phi) is 4.60. The first-order valence-corrected chi connectivity index (χ1v) is 5.08. The van der Waals surface area contributed by atoms with Crippen molar-refractivity contribution in [2.45, 2.75) is 13.0 Å². The van der Waals surface area contributed by atoms with E-state index in [-0.39, 0.29) is 12.1 Å². The molecule has 0 unspecified atom stereocenters. The topological polar surface area (TPSA) is 76.4 Å². The van der Waals surface area contributed by atoms with Gasteiger partial charge in [0.25, 0.3) is 0 Å². The normalized spacial score (nSPS) is 11.7. The smallest absolute Gasteiger partial charge is 0.319 e. The summed E-state index contributed by atoms with van der Waals surface area (Å²) in [4.78, 5) is 11.5. The van der Waals surface area contributed by atoms with Gasteiger partial charge in [0.2, 0.25) is 0 Å². The number of methoxy groups -OCH3 is 1. The molecule has 88 valence electrons. The van der Waals surface area contributed by atoms with E-state index in [2.05, 4.69) is 10.6 Å². The van der Waals surface area contributed by atoms with Crippen molar-refractivity contribution in [3.05, 3.63) is 24.3 Å². The summed E-state index contributed by atoms with van der Waals surface area (Å²) in [6.07, 6.45) is 0. The van der Waals surface area contributed by atoms with Gasteiger partial charge in [-0.2, -0.15) is 0 Å². The van der Waals surface area contributed by atoms with Gasteiger partial charge in [0.15, 0.2) is 0 Å². The summed E-state index contributed by atoms with van der Waals surface area (Å²) >= 11 is 0. The first-order valence-electron chi connectivity index (χ1n) is 5.08. The Balaban J connectivity index is 2.62. The molecule has 1 rings (SSSR count). The number of rotatable bonds is 4. The highest BCUT2D eigenvalue weighted by molar-refractivity contribution is 5.91. The minimum Gasteiger partial charge on any atom is -0.495 e. The van der Waals surface area contributed by atoms with Gasteiger partial charge in [0.1, 0.15) is 5.75 Å². The van der Waals surface area contributed by atoms with Gasteiger partial charge in [-0.25, -0.2) is 4.79 Å². The van der Waals surface area contributed by atoms with Gasteiger partial charge in [0.05, 0.1) is 12.8 Å². The summed E-state index contributed by atoms with van der Waals surface area (Å²) in [6.45, 7) is 2.24. The molecule has 5 heteroatoms. The predicted molar refractivity (Wildman–Crippen MR) is 63.7 cm³/mol. The van der Waals surface area contributed by atoms with Crippen LogP contribution in [-0.2, 0) is 0 Å². The molecule has 0 saturated heterocycles. The first-order chi connectivity index (χ1) is 7.67. The average molecular weight is 223 g/mol. The molecule has 1 aromatic rings. The van der Waals surface area contributed by atoms with Crippen LogP contribution in [0.5, 0.6) is 5.75 Å². The van der Waals surface area contributed by atoms with Crippen molar-refractivity contribution in [2.75, 3.05) is 19.0 Å². The van der Waals surface area contributed by atoms with E-state index < -0.39 is 0 Å². The van der Waals surface area contributed by atoms with Gasteiger partial charge in [-0.05, 0) is 19.1 Å². The van der Waals surface area contributed by atoms with Gasteiger partial charge in [-0.15, -0.1) is 0 Å². The SMILES string of the molecule is COc1ccccc1NC(=O)N[C@H](C)CN. The number of benzene rings is 1. The Hall–Kier alpha value is -1.75. The van der Waals surface area contributed by atoms with Crippen LogP contribution in [0.4, 0.5) is 10.5 Å². The summed E-state index contributed by atoms with van der Waals surface area (Å²) in [5.41, 5.74) is 6.03. The predicted octanol–water partition coefficient (Wildman–Crippen LogP) is 1.16. The van der Waals surface area contributed by atoms with Crippen LogP contribution >= 0.6 is 0 Å². The molecule has 2 amide bonds. The Morgan fingerprint density at radius 2 is 2.19 bits per heavy atom. The van der Waals surface area contributed by atoms with E-state index in [1.165, 1.54) is 0 Å². The summed E-state index contributed by atoms with van der Waals surface area (Å²) in [6, 6.07) is 6.86. The van der Waals surface area contributed by atoms with Crippen LogP contribution in [0, 0.1) is 0 Å². The molecule has 1 aromatic carbocycles. The highest BCUT2D eigenvalue weighted by Gasteiger charge is 2.08. The molecule has 1 atom stereocenters. The number of hydrogen-bond donors (Lipinski definition) is 3. The number of carbonyl (C=O) groups excluding carboxylic acids is 1. The van der Waals surface area contributed by atoms with Crippen molar-refractivity contribution in [3.63, 3.8) is 0 Å². The second kappa shape index (κ2) is 5.97. The van der Waals surface area contributed by atoms with Crippen LogP contribution in [-0.4, -0.2) is 25.7 Å². The lowest BCUT2D eigenvalue weighted by Gasteiger charge is -2.14. The number of amides is 2. The van der Waals surface area contributed by atoms with E-state index in [1.807, 2.05) is 19.1 Å². The fraction of sp³-hybridized carbons (Fsp3) is 0.364. The molecule has 0 aliphatic carbocycles. The average Bonchev–Trinajstić information content (AvgIpc) is 2.29. The van der Waals surface area contributed by atoms with Crippen LogP contribution in [0.2, 0.25) is 0 Å². The van der Waals surface area contributed by atoms with Crippen molar-refractivity contribution in [1.29, 1.82) is 0 Å². The van der Waals surface area contributed by atoms with E-state index in [9.17, 15) is 4.79 Å². The van der Waals surface area contributed by atoms with Crippen LogP contribution in [0.25, 0.3) is 0 Å². The zero-order valence-electron chi connectivity index (χ0n) is 9.49. The monoisotopic (exact) mass is 223 g/mol. The van der Waals surface area contributed by atoms with Crippen molar-refractivity contribution in [2.24, 2.45) is 5.73 Å². The molecule has 0 saturated carbocycles. The number of anilines is 1. The second-order valence-electron chi connectivity index (χ2n) is 3.44. The number of para-hydroxylation sites is 2. The Bertz CT molecular complexity index is 355. The largest absolute Gasteiger partial charge is 0.495 e. The molecule has 0 radical (unpaired) electrons. The molecular formula is C11H17N3O2. The van der Waals surface area contributed by atoms with Gasteiger partial charge in [-0.1, -0.05) is 12.1 Å². The van der Waals surface area contributed by atoms with Crippen LogP contribution in [0.3, 0.4) is 0 Å². The minimum atomic E-state index is -0.289. The minimum absolute atomic E-state index is 0.0605. The maximum Gasteiger partial charge on any atom is 0.319 e. The number of nitrogens with two attached hydrogens (primary N) is 1. The molecule has 0 fully saturated rings. The van der Waals surface area contributed by atoms with Crippen molar-refractivity contribution >= 4 is 11.7 Å². The third kappa shape index (κ3) is 3.43. The number of carbonyl (C=O) groups is 1. The quantitative estimate of drug-likeness (QED) is 0.717. The molecule has 4 N–H and O–H groups in total. The molecule has 0 spiro atoms. The number of nitrogens with one attached hydrogen (secondary N) is 2. The van der Waals surface area contributed by atoms with E-state index in [0.29, 0.717) is 18.0 Å². The highest BCUT2D eigenvalue weighted by Crippen LogP contribution is 2.22. The fourth-order valence-corrected chi connectivity index (χ4v) is 1.19. The van der Waals surface area contributed by atoms with E-state index in [4.69, 9.17) is 10.5 Å². The second-order valence-corrected chi connectivity index (χ2v) is 3.44. The van der Waals surface area contributed by atoms with Gasteiger partial charge in [-0.3, -0.25) is 0 Å². The van der Waals surface area contributed by atoms with Crippen LogP contribution in [0.1, 0.15) is 6.92 Å². The molecule has 0 bridgehead atoms.